The van der Waals surface area contributed by atoms with Gasteiger partial charge in [0.25, 0.3) is 0 Å². The number of aromatic nitrogens is 1. The van der Waals surface area contributed by atoms with Gasteiger partial charge in [-0.25, -0.2) is 9.98 Å². The monoisotopic (exact) mass is 376 g/mol. The summed E-state index contributed by atoms with van der Waals surface area (Å²) in [5, 5.41) is 6.42. The Morgan fingerprint density at radius 3 is 2.81 bits per heavy atom. The first-order valence-electron chi connectivity index (χ1n) is 9.42. The highest BCUT2D eigenvalue weighted by Gasteiger charge is 2.11. The van der Waals surface area contributed by atoms with E-state index in [-0.39, 0.29) is 0 Å². The van der Waals surface area contributed by atoms with Crippen LogP contribution in [-0.4, -0.2) is 10.9 Å². The minimum Gasteiger partial charge on any atom is -0.370 e. The highest BCUT2D eigenvalue weighted by Crippen LogP contribution is 2.24. The molecule has 0 aliphatic heterocycles. The molecule has 3 N–H and O–H groups in total. The van der Waals surface area contributed by atoms with Crippen LogP contribution in [-0.2, 0) is 32.2 Å². The zero-order valence-electron chi connectivity index (χ0n) is 15.3. The van der Waals surface area contributed by atoms with Crippen LogP contribution in [0.5, 0.6) is 0 Å². The Bertz CT molecular complexity index is 930. The van der Waals surface area contributed by atoms with Crippen molar-refractivity contribution in [3.8, 4) is 0 Å². The predicted molar refractivity (Wildman–Crippen MR) is 113 cm³/mol. The first kappa shape index (κ1) is 17.7. The van der Waals surface area contributed by atoms with Crippen LogP contribution in [0.2, 0.25) is 0 Å². The fourth-order valence-corrected chi connectivity index (χ4v) is 4.22. The Kier molecular flexibility index (Phi) is 5.49. The molecule has 0 fully saturated rings. The second kappa shape index (κ2) is 8.35. The normalized spacial score (nSPS) is 13.6. The van der Waals surface area contributed by atoms with Crippen molar-refractivity contribution in [2.24, 2.45) is 10.7 Å². The molecule has 5 heteroatoms. The molecule has 1 aliphatic carbocycles. The molecule has 27 heavy (non-hydrogen) atoms. The van der Waals surface area contributed by atoms with Crippen molar-refractivity contribution >= 4 is 23.0 Å². The smallest absolute Gasteiger partial charge is 0.193 e. The van der Waals surface area contributed by atoms with Gasteiger partial charge in [-0.05, 0) is 54.5 Å². The van der Waals surface area contributed by atoms with E-state index in [1.54, 1.807) is 11.3 Å². The molecule has 0 saturated heterocycles. The average molecular weight is 377 g/mol. The zero-order valence-corrected chi connectivity index (χ0v) is 16.1. The molecule has 0 unspecified atom stereocenters. The van der Waals surface area contributed by atoms with Crippen molar-refractivity contribution in [3.63, 3.8) is 0 Å². The van der Waals surface area contributed by atoms with Gasteiger partial charge in [0.05, 0.1) is 17.2 Å². The quantitative estimate of drug-likeness (QED) is 0.497. The molecule has 0 atom stereocenters. The van der Waals surface area contributed by atoms with Gasteiger partial charge in [-0.3, -0.25) is 0 Å². The lowest BCUT2D eigenvalue weighted by Crippen LogP contribution is -2.22. The van der Waals surface area contributed by atoms with Gasteiger partial charge in [0.15, 0.2) is 5.96 Å². The molecule has 138 valence electrons. The molecular formula is C22H24N4S. The minimum absolute atomic E-state index is 0.437. The number of aliphatic imine (C=N–C) groups is 1. The number of nitrogens with zero attached hydrogens (tertiary/aromatic N) is 2. The molecule has 2 aromatic carbocycles. The van der Waals surface area contributed by atoms with Gasteiger partial charge < -0.3 is 11.1 Å². The van der Waals surface area contributed by atoms with E-state index in [9.17, 15) is 0 Å². The van der Waals surface area contributed by atoms with E-state index in [2.05, 4.69) is 63.1 Å². The first-order valence-corrected chi connectivity index (χ1v) is 10.3. The Balaban J connectivity index is 1.30. The van der Waals surface area contributed by atoms with Gasteiger partial charge in [-0.1, -0.05) is 36.4 Å². The standard InChI is InChI=1S/C22H24N4S/c23-22(26-19-11-10-17-7-4-8-18(17)13-19)24-14-20-15-27-21(25-20)12-9-16-5-2-1-3-6-16/h1-3,5-6,10-11,13,15H,4,7-9,12,14H2,(H3,23,24,26). The van der Waals surface area contributed by atoms with Gasteiger partial charge in [-0.2, -0.15) is 0 Å². The van der Waals surface area contributed by atoms with Crippen LogP contribution in [0.3, 0.4) is 0 Å². The summed E-state index contributed by atoms with van der Waals surface area (Å²) in [5.74, 6) is 0.437. The molecule has 3 aromatic rings. The van der Waals surface area contributed by atoms with Crippen molar-refractivity contribution in [1.29, 1.82) is 0 Å². The Morgan fingerprint density at radius 1 is 1.07 bits per heavy atom. The predicted octanol–water partition coefficient (Wildman–Crippen LogP) is 4.34. The molecule has 1 aliphatic rings. The minimum atomic E-state index is 0.437. The summed E-state index contributed by atoms with van der Waals surface area (Å²) in [7, 11) is 0. The summed E-state index contributed by atoms with van der Waals surface area (Å²) in [6.07, 6.45) is 5.57. The number of hydrogen-bond donors (Lipinski definition) is 2. The van der Waals surface area contributed by atoms with Crippen molar-refractivity contribution in [2.45, 2.75) is 38.6 Å². The summed E-state index contributed by atoms with van der Waals surface area (Å²) in [6, 6.07) is 17.0. The molecule has 0 spiro atoms. The molecule has 4 nitrogen and oxygen atoms in total. The van der Waals surface area contributed by atoms with E-state index in [4.69, 9.17) is 5.73 Å². The van der Waals surface area contributed by atoms with Crippen LogP contribution in [0.15, 0.2) is 58.9 Å². The zero-order chi connectivity index (χ0) is 18.5. The highest BCUT2D eigenvalue weighted by atomic mass is 32.1. The number of hydrogen-bond acceptors (Lipinski definition) is 3. The topological polar surface area (TPSA) is 63.3 Å². The second-order valence-electron chi connectivity index (χ2n) is 6.88. The third kappa shape index (κ3) is 4.74. The number of nitrogens with two attached hydrogens (primary N) is 1. The number of fused-ring (bicyclic) bond motifs is 1. The largest absolute Gasteiger partial charge is 0.370 e. The lowest BCUT2D eigenvalue weighted by Gasteiger charge is -2.07. The van der Waals surface area contributed by atoms with Gasteiger partial charge in [0.1, 0.15) is 0 Å². The lowest BCUT2D eigenvalue weighted by atomic mass is 10.1. The number of aryl methyl sites for hydroxylation is 4. The molecule has 0 bridgehead atoms. The number of anilines is 1. The van der Waals surface area contributed by atoms with Crippen LogP contribution < -0.4 is 11.1 Å². The second-order valence-corrected chi connectivity index (χ2v) is 7.82. The van der Waals surface area contributed by atoms with Crippen LogP contribution in [0.25, 0.3) is 0 Å². The summed E-state index contributed by atoms with van der Waals surface area (Å²) in [6.45, 7) is 0.506. The third-order valence-electron chi connectivity index (χ3n) is 4.85. The Morgan fingerprint density at radius 2 is 1.93 bits per heavy atom. The van der Waals surface area contributed by atoms with Gasteiger partial charge in [0.2, 0.25) is 0 Å². The van der Waals surface area contributed by atoms with E-state index in [0.717, 1.165) is 35.7 Å². The molecular weight excluding hydrogens is 352 g/mol. The van der Waals surface area contributed by atoms with E-state index in [0.29, 0.717) is 12.5 Å². The van der Waals surface area contributed by atoms with Gasteiger partial charge in [-0.15, -0.1) is 11.3 Å². The number of thiazole rings is 1. The molecule has 0 saturated carbocycles. The van der Waals surface area contributed by atoms with Crippen LogP contribution in [0, 0.1) is 0 Å². The summed E-state index contributed by atoms with van der Waals surface area (Å²) in [4.78, 5) is 9.12. The Labute approximate surface area is 164 Å². The number of rotatable bonds is 6. The van der Waals surface area contributed by atoms with E-state index in [1.165, 1.54) is 29.5 Å². The Hall–Kier alpha value is -2.66. The average Bonchev–Trinajstić information content (AvgIpc) is 3.34. The van der Waals surface area contributed by atoms with E-state index >= 15 is 0 Å². The van der Waals surface area contributed by atoms with Crippen molar-refractivity contribution in [3.05, 3.63) is 81.3 Å². The molecule has 4 rings (SSSR count). The summed E-state index contributed by atoms with van der Waals surface area (Å²) >= 11 is 1.70. The highest BCUT2D eigenvalue weighted by molar-refractivity contribution is 7.09. The van der Waals surface area contributed by atoms with Crippen molar-refractivity contribution in [1.82, 2.24) is 4.98 Å². The number of guanidine groups is 1. The number of benzene rings is 2. The summed E-state index contributed by atoms with van der Waals surface area (Å²) < 4.78 is 0. The van der Waals surface area contributed by atoms with Crippen LogP contribution >= 0.6 is 11.3 Å². The molecule has 0 amide bonds. The number of nitrogens with one attached hydrogen (secondary N) is 1. The maximum absolute atomic E-state index is 6.05. The van der Waals surface area contributed by atoms with Gasteiger partial charge >= 0.3 is 0 Å². The SMILES string of the molecule is NC(=NCc1csc(CCc2ccccc2)n1)Nc1ccc2c(c1)CCC2. The maximum Gasteiger partial charge on any atom is 0.193 e. The first-order chi connectivity index (χ1) is 13.3. The fourth-order valence-electron chi connectivity index (χ4n) is 3.44. The third-order valence-corrected chi connectivity index (χ3v) is 5.81. The van der Waals surface area contributed by atoms with Crippen LogP contribution in [0.4, 0.5) is 5.69 Å². The van der Waals surface area contributed by atoms with Crippen LogP contribution in [0.1, 0.15) is 33.8 Å². The fraction of sp³-hybridized carbons (Fsp3) is 0.273. The van der Waals surface area contributed by atoms with Crippen molar-refractivity contribution < 1.29 is 0 Å². The van der Waals surface area contributed by atoms with Gasteiger partial charge in [0, 0.05) is 17.5 Å². The van der Waals surface area contributed by atoms with Crippen molar-refractivity contribution in [2.75, 3.05) is 5.32 Å². The lowest BCUT2D eigenvalue weighted by molar-refractivity contribution is 0.911. The van der Waals surface area contributed by atoms with E-state index < -0.39 is 0 Å². The van der Waals surface area contributed by atoms with E-state index in [1.807, 2.05) is 6.07 Å². The molecule has 1 aromatic heterocycles. The molecule has 1 heterocycles. The molecule has 0 radical (unpaired) electrons. The maximum atomic E-state index is 6.05. The summed E-state index contributed by atoms with van der Waals surface area (Å²) in [5.41, 5.74) is 12.3.